The van der Waals surface area contributed by atoms with Gasteiger partial charge in [-0.05, 0) is 31.2 Å². The third kappa shape index (κ3) is 2.16. The third-order valence-corrected chi connectivity index (χ3v) is 3.59. The summed E-state index contributed by atoms with van der Waals surface area (Å²) in [6, 6.07) is 9.68. The molecule has 2 N–H and O–H groups in total. The van der Waals surface area contributed by atoms with Crippen molar-refractivity contribution in [2.45, 2.75) is 6.92 Å². The normalized spacial score (nSPS) is 10.8. The minimum absolute atomic E-state index is 0.0626. The van der Waals surface area contributed by atoms with Gasteiger partial charge in [0.15, 0.2) is 5.43 Å². The number of phenols is 2. The molecule has 1 aromatic heterocycles. The van der Waals surface area contributed by atoms with E-state index in [0.29, 0.717) is 17.1 Å². The number of methoxy groups -OCH3 is 1. The Labute approximate surface area is 126 Å². The Bertz CT molecular complexity index is 907. The molecule has 3 aromatic rings. The van der Waals surface area contributed by atoms with Crippen molar-refractivity contribution >= 4 is 11.0 Å². The van der Waals surface area contributed by atoms with Gasteiger partial charge < -0.3 is 19.4 Å². The molecule has 0 radical (unpaired) electrons. The van der Waals surface area contributed by atoms with Crippen molar-refractivity contribution < 1.29 is 19.4 Å². The first-order chi connectivity index (χ1) is 10.5. The summed E-state index contributed by atoms with van der Waals surface area (Å²) in [5.74, 6) is 0.658. The van der Waals surface area contributed by atoms with E-state index in [1.54, 1.807) is 31.4 Å². The van der Waals surface area contributed by atoms with E-state index in [0.717, 1.165) is 0 Å². The molecule has 3 rings (SSSR count). The number of fused-ring (bicyclic) bond motifs is 1. The molecule has 0 aliphatic carbocycles. The van der Waals surface area contributed by atoms with E-state index in [1.807, 2.05) is 0 Å². The molecule has 0 spiro atoms. The minimum atomic E-state index is -0.368. The van der Waals surface area contributed by atoms with Crippen molar-refractivity contribution in [3.63, 3.8) is 0 Å². The van der Waals surface area contributed by atoms with Crippen molar-refractivity contribution in [2.24, 2.45) is 0 Å². The van der Waals surface area contributed by atoms with Crippen molar-refractivity contribution in [3.8, 4) is 28.6 Å². The van der Waals surface area contributed by atoms with Crippen LogP contribution in [0.15, 0.2) is 45.6 Å². The topological polar surface area (TPSA) is 79.9 Å². The monoisotopic (exact) mass is 298 g/mol. The molecule has 0 aliphatic rings. The molecule has 0 saturated heterocycles. The lowest BCUT2D eigenvalue weighted by Crippen LogP contribution is -2.01. The summed E-state index contributed by atoms with van der Waals surface area (Å²) >= 11 is 0. The van der Waals surface area contributed by atoms with Crippen LogP contribution in [0, 0.1) is 6.92 Å². The molecular weight excluding hydrogens is 284 g/mol. The highest BCUT2D eigenvalue weighted by Crippen LogP contribution is 2.34. The van der Waals surface area contributed by atoms with E-state index in [4.69, 9.17) is 9.15 Å². The van der Waals surface area contributed by atoms with E-state index >= 15 is 0 Å². The van der Waals surface area contributed by atoms with Gasteiger partial charge in [-0.1, -0.05) is 0 Å². The summed E-state index contributed by atoms with van der Waals surface area (Å²) in [6.07, 6.45) is 0. The van der Waals surface area contributed by atoms with Crippen molar-refractivity contribution in [2.75, 3.05) is 7.11 Å². The molecule has 0 unspecified atom stereocenters. The molecule has 0 aliphatic heterocycles. The van der Waals surface area contributed by atoms with Gasteiger partial charge in [0.25, 0.3) is 0 Å². The van der Waals surface area contributed by atoms with Crippen LogP contribution in [0.4, 0.5) is 0 Å². The Hall–Kier alpha value is -2.95. The lowest BCUT2D eigenvalue weighted by molar-refractivity contribution is 0.415. The van der Waals surface area contributed by atoms with Crippen LogP contribution in [0.3, 0.4) is 0 Å². The predicted octanol–water partition coefficient (Wildman–Crippen LogP) is 3.19. The van der Waals surface area contributed by atoms with E-state index in [2.05, 4.69) is 0 Å². The first-order valence-electron chi connectivity index (χ1n) is 6.65. The molecule has 112 valence electrons. The van der Waals surface area contributed by atoms with Crippen LogP contribution in [0.1, 0.15) is 5.56 Å². The number of aromatic hydroxyl groups is 2. The van der Waals surface area contributed by atoms with E-state index < -0.39 is 0 Å². The van der Waals surface area contributed by atoms with Gasteiger partial charge in [-0.3, -0.25) is 4.79 Å². The summed E-state index contributed by atoms with van der Waals surface area (Å²) in [5.41, 5.74) is 0.711. The maximum absolute atomic E-state index is 12.3. The van der Waals surface area contributed by atoms with Gasteiger partial charge in [0.05, 0.1) is 7.11 Å². The summed E-state index contributed by atoms with van der Waals surface area (Å²) in [4.78, 5) is 12.3. The van der Waals surface area contributed by atoms with E-state index in [9.17, 15) is 15.0 Å². The lowest BCUT2D eigenvalue weighted by atomic mass is 10.1. The summed E-state index contributed by atoms with van der Waals surface area (Å²) in [6.45, 7) is 1.53. The Morgan fingerprint density at radius 2 is 1.77 bits per heavy atom. The van der Waals surface area contributed by atoms with Gasteiger partial charge >= 0.3 is 0 Å². The third-order valence-electron chi connectivity index (χ3n) is 3.59. The Morgan fingerprint density at radius 1 is 1.09 bits per heavy atom. The number of benzene rings is 2. The van der Waals surface area contributed by atoms with Crippen LogP contribution in [0.25, 0.3) is 22.3 Å². The van der Waals surface area contributed by atoms with Gasteiger partial charge in [0.2, 0.25) is 0 Å². The van der Waals surface area contributed by atoms with Crippen LogP contribution in [-0.2, 0) is 0 Å². The van der Waals surface area contributed by atoms with E-state index in [-0.39, 0.29) is 33.5 Å². The number of rotatable bonds is 2. The van der Waals surface area contributed by atoms with Crippen LogP contribution in [0.2, 0.25) is 0 Å². The number of ether oxygens (including phenoxy) is 1. The molecule has 1 heterocycles. The summed E-state index contributed by atoms with van der Waals surface area (Å²) < 4.78 is 10.7. The quantitative estimate of drug-likeness (QED) is 0.759. The highest BCUT2D eigenvalue weighted by atomic mass is 16.5. The van der Waals surface area contributed by atoms with Crippen LogP contribution in [0.5, 0.6) is 17.2 Å². The maximum atomic E-state index is 12.3. The number of hydrogen-bond acceptors (Lipinski definition) is 5. The van der Waals surface area contributed by atoms with Gasteiger partial charge in [-0.25, -0.2) is 0 Å². The second-order valence-corrected chi connectivity index (χ2v) is 4.95. The van der Waals surface area contributed by atoms with Crippen molar-refractivity contribution in [1.29, 1.82) is 0 Å². The Balaban J connectivity index is 2.24. The molecule has 22 heavy (non-hydrogen) atoms. The highest BCUT2D eigenvalue weighted by molar-refractivity contribution is 5.87. The van der Waals surface area contributed by atoms with Gasteiger partial charge in [-0.15, -0.1) is 0 Å². The van der Waals surface area contributed by atoms with Gasteiger partial charge in [-0.2, -0.15) is 0 Å². The molecule has 0 fully saturated rings. The molecule has 2 aromatic carbocycles. The molecular formula is C17H14O5. The second-order valence-electron chi connectivity index (χ2n) is 4.95. The number of phenolic OH excluding ortho intramolecular Hbond substituents is 2. The molecule has 0 bridgehead atoms. The van der Waals surface area contributed by atoms with Crippen LogP contribution >= 0.6 is 0 Å². The zero-order chi connectivity index (χ0) is 15.9. The smallest absolute Gasteiger partial charge is 0.197 e. The van der Waals surface area contributed by atoms with Crippen molar-refractivity contribution in [3.05, 3.63) is 52.2 Å². The molecule has 0 amide bonds. The number of hydrogen-bond donors (Lipinski definition) is 2. The molecule has 5 heteroatoms. The standard InChI is InChI=1S/C17H14O5/c1-9-12(18)7-15-16(17(9)20)13(19)8-14(22-15)10-3-5-11(21-2)6-4-10/h3-8,18,20H,1-2H3. The van der Waals surface area contributed by atoms with E-state index in [1.165, 1.54) is 19.1 Å². The zero-order valence-electron chi connectivity index (χ0n) is 12.1. The SMILES string of the molecule is COc1ccc(-c2cc(=O)c3c(O)c(C)c(O)cc3o2)cc1. The second kappa shape index (κ2) is 5.11. The zero-order valence-corrected chi connectivity index (χ0v) is 12.1. The van der Waals surface area contributed by atoms with Crippen LogP contribution < -0.4 is 10.2 Å². The Kier molecular flexibility index (Phi) is 3.25. The largest absolute Gasteiger partial charge is 0.507 e. The van der Waals surface area contributed by atoms with Gasteiger partial charge in [0, 0.05) is 23.3 Å². The Morgan fingerprint density at radius 3 is 2.41 bits per heavy atom. The maximum Gasteiger partial charge on any atom is 0.197 e. The predicted molar refractivity (Wildman–Crippen MR) is 82.5 cm³/mol. The lowest BCUT2D eigenvalue weighted by Gasteiger charge is -2.08. The highest BCUT2D eigenvalue weighted by Gasteiger charge is 2.15. The molecule has 0 atom stereocenters. The van der Waals surface area contributed by atoms with Crippen LogP contribution in [-0.4, -0.2) is 17.3 Å². The average molecular weight is 298 g/mol. The first kappa shape index (κ1) is 14.0. The fraction of sp³-hybridized carbons (Fsp3) is 0.118. The summed E-state index contributed by atoms with van der Waals surface area (Å²) in [5, 5.41) is 19.9. The minimum Gasteiger partial charge on any atom is -0.507 e. The molecule has 0 saturated carbocycles. The average Bonchev–Trinajstić information content (AvgIpc) is 2.52. The summed E-state index contributed by atoms with van der Waals surface area (Å²) in [7, 11) is 1.57. The van der Waals surface area contributed by atoms with Crippen molar-refractivity contribution in [1.82, 2.24) is 0 Å². The first-order valence-corrected chi connectivity index (χ1v) is 6.65. The molecule has 5 nitrogen and oxygen atoms in total. The van der Waals surface area contributed by atoms with Gasteiger partial charge in [0.1, 0.15) is 34.0 Å². The fourth-order valence-corrected chi connectivity index (χ4v) is 2.29. The fourth-order valence-electron chi connectivity index (χ4n) is 2.29.